The Morgan fingerprint density at radius 3 is 2.79 bits per heavy atom. The van der Waals surface area contributed by atoms with Crippen molar-refractivity contribution in [3.63, 3.8) is 0 Å². The highest BCUT2D eigenvalue weighted by Crippen LogP contribution is 2.28. The summed E-state index contributed by atoms with van der Waals surface area (Å²) in [5.41, 5.74) is 1.83. The summed E-state index contributed by atoms with van der Waals surface area (Å²) in [6.45, 7) is 0. The fraction of sp³-hybridized carbons (Fsp3) is 0.357. The van der Waals surface area contributed by atoms with Gasteiger partial charge in [-0.25, -0.2) is 4.39 Å². The van der Waals surface area contributed by atoms with Crippen molar-refractivity contribution in [2.24, 2.45) is 7.05 Å². The summed E-state index contributed by atoms with van der Waals surface area (Å²) in [4.78, 5) is 0. The van der Waals surface area contributed by atoms with E-state index in [1.165, 1.54) is 6.07 Å². The van der Waals surface area contributed by atoms with Gasteiger partial charge in [-0.2, -0.15) is 5.10 Å². The van der Waals surface area contributed by atoms with Gasteiger partial charge in [-0.15, -0.1) is 0 Å². The van der Waals surface area contributed by atoms with E-state index in [2.05, 4.69) is 26.3 Å². The van der Waals surface area contributed by atoms with E-state index in [0.717, 1.165) is 23.0 Å². The number of aryl methyl sites for hydroxylation is 2. The molecule has 5 heteroatoms. The lowest BCUT2D eigenvalue weighted by Crippen LogP contribution is -2.19. The van der Waals surface area contributed by atoms with Gasteiger partial charge in [0.25, 0.3) is 0 Å². The highest BCUT2D eigenvalue weighted by atomic mass is 79.9. The Bertz CT molecular complexity index is 533. The Morgan fingerprint density at radius 1 is 1.42 bits per heavy atom. The van der Waals surface area contributed by atoms with Crippen molar-refractivity contribution < 1.29 is 4.39 Å². The third kappa shape index (κ3) is 3.22. The molecule has 0 aliphatic heterocycles. The smallest absolute Gasteiger partial charge is 0.129 e. The SMILES string of the molecule is CNC(CCc1ccnn1C)c1c(F)cccc1Br. The van der Waals surface area contributed by atoms with Crippen molar-refractivity contribution in [3.8, 4) is 0 Å². The second-order valence-electron chi connectivity index (χ2n) is 4.46. The van der Waals surface area contributed by atoms with E-state index < -0.39 is 0 Å². The molecule has 2 rings (SSSR count). The van der Waals surface area contributed by atoms with Gasteiger partial charge in [-0.3, -0.25) is 4.68 Å². The molecule has 0 radical (unpaired) electrons. The number of benzene rings is 1. The summed E-state index contributed by atoms with van der Waals surface area (Å²) < 4.78 is 16.6. The molecule has 1 atom stereocenters. The van der Waals surface area contributed by atoms with Gasteiger partial charge in [0.1, 0.15) is 5.82 Å². The number of halogens is 2. The first-order chi connectivity index (χ1) is 9.13. The van der Waals surface area contributed by atoms with Gasteiger partial charge in [0, 0.05) is 35.0 Å². The number of nitrogens with zero attached hydrogens (tertiary/aromatic N) is 2. The predicted molar refractivity (Wildman–Crippen MR) is 77.4 cm³/mol. The Balaban J connectivity index is 2.15. The van der Waals surface area contributed by atoms with Crippen molar-refractivity contribution in [1.29, 1.82) is 0 Å². The van der Waals surface area contributed by atoms with E-state index in [4.69, 9.17) is 0 Å². The molecule has 1 N–H and O–H groups in total. The summed E-state index contributed by atoms with van der Waals surface area (Å²) in [6, 6.07) is 7.03. The van der Waals surface area contributed by atoms with Crippen molar-refractivity contribution in [2.45, 2.75) is 18.9 Å². The molecule has 1 unspecified atom stereocenters. The second kappa shape index (κ2) is 6.30. The molecule has 0 spiro atoms. The zero-order valence-electron chi connectivity index (χ0n) is 11.0. The molecule has 0 fully saturated rings. The lowest BCUT2D eigenvalue weighted by molar-refractivity contribution is 0.499. The van der Waals surface area contributed by atoms with E-state index in [9.17, 15) is 4.39 Å². The number of hydrogen-bond acceptors (Lipinski definition) is 2. The summed E-state index contributed by atoms with van der Waals surface area (Å²) in [6.07, 6.45) is 3.45. The molecule has 3 nitrogen and oxygen atoms in total. The lowest BCUT2D eigenvalue weighted by atomic mass is 10.0. The Kier molecular flexibility index (Phi) is 4.71. The molecule has 0 saturated carbocycles. The van der Waals surface area contributed by atoms with Gasteiger partial charge in [-0.1, -0.05) is 22.0 Å². The van der Waals surface area contributed by atoms with Crippen LogP contribution in [0.2, 0.25) is 0 Å². The third-order valence-electron chi connectivity index (χ3n) is 3.31. The molecular formula is C14H17BrFN3. The van der Waals surface area contributed by atoms with Gasteiger partial charge in [-0.05, 0) is 38.1 Å². The first-order valence-corrected chi connectivity index (χ1v) is 7.01. The average Bonchev–Trinajstić information content (AvgIpc) is 2.78. The first kappa shape index (κ1) is 14.2. The summed E-state index contributed by atoms with van der Waals surface area (Å²) in [5, 5.41) is 7.32. The predicted octanol–water partition coefficient (Wildman–Crippen LogP) is 3.22. The van der Waals surface area contributed by atoms with E-state index in [1.807, 2.05) is 30.9 Å². The Hall–Kier alpha value is -1.20. The molecule has 102 valence electrons. The van der Waals surface area contributed by atoms with Crippen molar-refractivity contribution in [2.75, 3.05) is 7.05 Å². The number of hydrogen-bond donors (Lipinski definition) is 1. The highest BCUT2D eigenvalue weighted by molar-refractivity contribution is 9.10. The van der Waals surface area contributed by atoms with Crippen molar-refractivity contribution >= 4 is 15.9 Å². The standard InChI is InChI=1S/C14H17BrFN3/c1-17-13(7-6-10-8-9-18-19(10)2)14-11(15)4-3-5-12(14)16/h3-5,8-9,13,17H,6-7H2,1-2H3. The van der Waals surface area contributed by atoms with E-state index in [-0.39, 0.29) is 11.9 Å². The Morgan fingerprint density at radius 2 is 2.21 bits per heavy atom. The van der Waals surface area contributed by atoms with Crippen LogP contribution in [-0.2, 0) is 13.5 Å². The number of aromatic nitrogens is 2. The largest absolute Gasteiger partial charge is 0.313 e. The number of nitrogens with one attached hydrogen (secondary N) is 1. The maximum absolute atomic E-state index is 13.9. The van der Waals surface area contributed by atoms with Gasteiger partial charge in [0.05, 0.1) is 0 Å². The normalized spacial score (nSPS) is 12.6. The molecule has 2 aromatic rings. The Labute approximate surface area is 121 Å². The van der Waals surface area contributed by atoms with Crippen LogP contribution in [0.1, 0.15) is 23.7 Å². The number of rotatable bonds is 5. The molecule has 1 aromatic heterocycles. The van der Waals surface area contributed by atoms with Crippen LogP contribution in [0.3, 0.4) is 0 Å². The summed E-state index contributed by atoms with van der Waals surface area (Å²) >= 11 is 3.42. The van der Waals surface area contributed by atoms with Crippen LogP contribution in [0.25, 0.3) is 0 Å². The van der Waals surface area contributed by atoms with E-state index >= 15 is 0 Å². The lowest BCUT2D eigenvalue weighted by Gasteiger charge is -2.18. The van der Waals surface area contributed by atoms with Gasteiger partial charge < -0.3 is 5.32 Å². The van der Waals surface area contributed by atoms with Crippen LogP contribution < -0.4 is 5.32 Å². The minimum Gasteiger partial charge on any atom is -0.313 e. The molecular weight excluding hydrogens is 309 g/mol. The topological polar surface area (TPSA) is 29.9 Å². The molecule has 0 amide bonds. The fourth-order valence-corrected chi connectivity index (χ4v) is 2.83. The van der Waals surface area contributed by atoms with Crippen LogP contribution in [-0.4, -0.2) is 16.8 Å². The molecule has 19 heavy (non-hydrogen) atoms. The molecule has 0 bridgehead atoms. The van der Waals surface area contributed by atoms with Gasteiger partial charge >= 0.3 is 0 Å². The zero-order chi connectivity index (χ0) is 13.8. The maximum atomic E-state index is 13.9. The summed E-state index contributed by atoms with van der Waals surface area (Å²) in [5.74, 6) is -0.182. The van der Waals surface area contributed by atoms with Crippen LogP contribution in [0, 0.1) is 5.82 Å². The minimum atomic E-state index is -0.182. The minimum absolute atomic E-state index is 0.0227. The van der Waals surface area contributed by atoms with Crippen molar-refractivity contribution in [1.82, 2.24) is 15.1 Å². The fourth-order valence-electron chi connectivity index (χ4n) is 2.22. The molecule has 0 saturated heterocycles. The van der Waals surface area contributed by atoms with Gasteiger partial charge in [0.15, 0.2) is 0 Å². The average molecular weight is 326 g/mol. The quantitative estimate of drug-likeness (QED) is 0.914. The van der Waals surface area contributed by atoms with Gasteiger partial charge in [0.2, 0.25) is 0 Å². The molecule has 1 aromatic carbocycles. The van der Waals surface area contributed by atoms with Crippen molar-refractivity contribution in [3.05, 3.63) is 52.0 Å². The van der Waals surface area contributed by atoms with Crippen LogP contribution in [0.4, 0.5) is 4.39 Å². The maximum Gasteiger partial charge on any atom is 0.129 e. The summed E-state index contributed by atoms with van der Waals surface area (Å²) in [7, 11) is 3.77. The molecule has 0 aliphatic rings. The highest BCUT2D eigenvalue weighted by Gasteiger charge is 2.17. The first-order valence-electron chi connectivity index (χ1n) is 6.21. The van der Waals surface area contributed by atoms with Crippen LogP contribution in [0.15, 0.2) is 34.9 Å². The van der Waals surface area contributed by atoms with E-state index in [0.29, 0.717) is 5.56 Å². The van der Waals surface area contributed by atoms with Crippen LogP contribution in [0.5, 0.6) is 0 Å². The van der Waals surface area contributed by atoms with E-state index in [1.54, 1.807) is 12.3 Å². The zero-order valence-corrected chi connectivity index (χ0v) is 12.6. The molecule has 0 aliphatic carbocycles. The third-order valence-corrected chi connectivity index (χ3v) is 4.00. The van der Waals surface area contributed by atoms with Crippen LogP contribution >= 0.6 is 15.9 Å². The second-order valence-corrected chi connectivity index (χ2v) is 5.32. The molecule has 1 heterocycles. The monoisotopic (exact) mass is 325 g/mol.